The molecule has 1 heterocycles. The number of ether oxygens (including phenoxy) is 2. The maximum Gasteiger partial charge on any atom is 0.373 e. The van der Waals surface area contributed by atoms with Crippen molar-refractivity contribution in [2.45, 2.75) is 85.5 Å². The molecule has 0 saturated carbocycles. The third-order valence-electron chi connectivity index (χ3n) is 6.18. The van der Waals surface area contributed by atoms with Gasteiger partial charge in [-0.25, -0.2) is 4.79 Å². The van der Waals surface area contributed by atoms with E-state index in [1.807, 2.05) is 46.8 Å². The lowest BCUT2D eigenvalue weighted by Gasteiger charge is -2.29. The Hall–Kier alpha value is -3.10. The van der Waals surface area contributed by atoms with Gasteiger partial charge in [0, 0.05) is 23.4 Å². The Labute approximate surface area is 243 Å². The zero-order chi connectivity index (χ0) is 30.5. The average Bonchev–Trinajstić information content (AvgIpc) is 2.85. The highest BCUT2D eigenvalue weighted by molar-refractivity contribution is 6.29. The Bertz CT molecular complexity index is 1070. The summed E-state index contributed by atoms with van der Waals surface area (Å²) >= 11 is 5.83. The van der Waals surface area contributed by atoms with Crippen LogP contribution in [0.5, 0.6) is 0 Å². The Balaban J connectivity index is 2.68. The molecule has 0 aliphatic carbocycles. The molecule has 1 aliphatic rings. The molecule has 1 rings (SSSR count). The molecule has 4 atom stereocenters. The van der Waals surface area contributed by atoms with Crippen LogP contribution in [0.3, 0.4) is 0 Å². The van der Waals surface area contributed by atoms with E-state index >= 15 is 0 Å². The summed E-state index contributed by atoms with van der Waals surface area (Å²) in [4.78, 5) is 37.2. The number of hydrogen-bond donors (Lipinski definition) is 3. The fraction of sp³-hybridized carbons (Fsp3) is 0.516. The Morgan fingerprint density at radius 1 is 1.20 bits per heavy atom. The van der Waals surface area contributed by atoms with Crippen LogP contribution in [0.2, 0.25) is 0 Å². The van der Waals surface area contributed by atoms with Gasteiger partial charge >= 0.3 is 5.97 Å². The van der Waals surface area contributed by atoms with Gasteiger partial charge < -0.3 is 25.2 Å². The van der Waals surface area contributed by atoms with Crippen molar-refractivity contribution in [2.75, 3.05) is 7.11 Å². The molecule has 0 radical (unpaired) electrons. The SMILES string of the molecule is COC1=CC[C@@H]([C@@H](C)/C=C(C)/C=C\C=C/C(=O)N[C@H](C(=O)N/C=C\C[C@@](C)(O)C/C=C(\C)Cl)C(C)(C)C)OC1=O. The first kappa shape index (κ1) is 34.9. The number of nitrogens with one attached hydrogen (secondary N) is 2. The molecule has 2 amide bonds. The van der Waals surface area contributed by atoms with Crippen LogP contribution in [0, 0.1) is 11.3 Å². The smallest absolute Gasteiger partial charge is 0.373 e. The van der Waals surface area contributed by atoms with Gasteiger partial charge in [-0.05, 0) is 51.3 Å². The van der Waals surface area contributed by atoms with Crippen LogP contribution in [-0.2, 0) is 23.9 Å². The van der Waals surface area contributed by atoms with Crippen LogP contribution in [0.15, 0.2) is 71.2 Å². The summed E-state index contributed by atoms with van der Waals surface area (Å²) < 4.78 is 10.4. The molecule has 0 aromatic heterocycles. The number of aliphatic hydroxyl groups is 1. The Morgan fingerprint density at radius 3 is 2.42 bits per heavy atom. The number of rotatable bonds is 13. The quantitative estimate of drug-likeness (QED) is 0.154. The first-order valence-corrected chi connectivity index (χ1v) is 13.7. The molecule has 0 fully saturated rings. The molecule has 8 nitrogen and oxygen atoms in total. The van der Waals surface area contributed by atoms with E-state index in [0.29, 0.717) is 24.3 Å². The molecule has 0 spiro atoms. The summed E-state index contributed by atoms with van der Waals surface area (Å²) in [6.07, 6.45) is 16.2. The number of esters is 1. The molecule has 0 aromatic carbocycles. The van der Waals surface area contributed by atoms with Gasteiger partial charge in [0.15, 0.2) is 5.76 Å². The molecule has 222 valence electrons. The van der Waals surface area contributed by atoms with Crippen LogP contribution in [0.1, 0.15) is 67.7 Å². The van der Waals surface area contributed by atoms with E-state index in [-0.39, 0.29) is 23.7 Å². The molecule has 0 aromatic rings. The van der Waals surface area contributed by atoms with Crippen molar-refractivity contribution in [3.63, 3.8) is 0 Å². The summed E-state index contributed by atoms with van der Waals surface area (Å²) in [5.74, 6) is -1.00. The number of carbonyl (C=O) groups excluding carboxylic acids is 3. The van der Waals surface area contributed by atoms with E-state index < -0.39 is 28.9 Å². The van der Waals surface area contributed by atoms with Crippen LogP contribution < -0.4 is 10.6 Å². The monoisotopic (exact) mass is 576 g/mol. The molecule has 9 heteroatoms. The summed E-state index contributed by atoms with van der Waals surface area (Å²) in [5, 5.41) is 16.5. The van der Waals surface area contributed by atoms with Crippen molar-refractivity contribution in [3.05, 3.63) is 71.2 Å². The highest BCUT2D eigenvalue weighted by Crippen LogP contribution is 2.23. The zero-order valence-corrected chi connectivity index (χ0v) is 25.7. The van der Waals surface area contributed by atoms with Crippen molar-refractivity contribution in [2.24, 2.45) is 11.3 Å². The topological polar surface area (TPSA) is 114 Å². The largest absolute Gasteiger partial charge is 0.490 e. The van der Waals surface area contributed by atoms with Gasteiger partial charge in [-0.3, -0.25) is 9.59 Å². The van der Waals surface area contributed by atoms with Gasteiger partial charge in [0.25, 0.3) is 0 Å². The van der Waals surface area contributed by atoms with Crippen molar-refractivity contribution >= 4 is 29.4 Å². The van der Waals surface area contributed by atoms with Crippen molar-refractivity contribution in [1.29, 1.82) is 0 Å². The predicted octanol–water partition coefficient (Wildman–Crippen LogP) is 5.36. The van der Waals surface area contributed by atoms with E-state index in [9.17, 15) is 19.5 Å². The van der Waals surface area contributed by atoms with Gasteiger partial charge in [-0.15, -0.1) is 0 Å². The maximum absolute atomic E-state index is 12.8. The van der Waals surface area contributed by atoms with Gasteiger partial charge in [0.05, 0.1) is 12.7 Å². The average molecular weight is 577 g/mol. The molecule has 0 unspecified atom stereocenters. The first-order chi connectivity index (χ1) is 18.6. The molecule has 0 saturated heterocycles. The van der Waals surface area contributed by atoms with Gasteiger partial charge in [-0.1, -0.05) is 81.3 Å². The summed E-state index contributed by atoms with van der Waals surface area (Å²) in [6.45, 7) is 12.9. The summed E-state index contributed by atoms with van der Waals surface area (Å²) in [7, 11) is 1.44. The molecule has 3 N–H and O–H groups in total. The second kappa shape index (κ2) is 16.2. The fourth-order valence-electron chi connectivity index (χ4n) is 3.81. The van der Waals surface area contributed by atoms with E-state index in [0.717, 1.165) is 5.57 Å². The van der Waals surface area contributed by atoms with E-state index in [1.54, 1.807) is 44.2 Å². The van der Waals surface area contributed by atoms with Crippen molar-refractivity contribution < 1.29 is 29.0 Å². The van der Waals surface area contributed by atoms with Gasteiger partial charge in [0.1, 0.15) is 12.1 Å². The minimum Gasteiger partial charge on any atom is -0.490 e. The molecular weight excluding hydrogens is 532 g/mol. The van der Waals surface area contributed by atoms with Crippen LogP contribution >= 0.6 is 11.6 Å². The lowest BCUT2D eigenvalue weighted by Crippen LogP contribution is -2.52. The number of allylic oxidation sites excluding steroid dienone is 5. The van der Waals surface area contributed by atoms with Gasteiger partial charge in [0.2, 0.25) is 11.8 Å². The number of methoxy groups -OCH3 is 1. The third kappa shape index (κ3) is 13.3. The third-order valence-corrected chi connectivity index (χ3v) is 6.34. The minimum atomic E-state index is -0.993. The molecule has 0 bridgehead atoms. The Morgan fingerprint density at radius 2 is 1.85 bits per heavy atom. The number of cyclic esters (lactones) is 1. The lowest BCUT2D eigenvalue weighted by molar-refractivity contribution is -0.151. The molecular formula is C31H45ClN2O6. The van der Waals surface area contributed by atoms with Crippen molar-refractivity contribution in [3.8, 4) is 0 Å². The number of hydrogen-bond acceptors (Lipinski definition) is 6. The van der Waals surface area contributed by atoms with Crippen LogP contribution in [0.25, 0.3) is 0 Å². The minimum absolute atomic E-state index is 0.00607. The zero-order valence-electron chi connectivity index (χ0n) is 24.9. The lowest BCUT2D eigenvalue weighted by atomic mass is 9.86. The van der Waals surface area contributed by atoms with Crippen LogP contribution in [0.4, 0.5) is 0 Å². The van der Waals surface area contributed by atoms with E-state index in [4.69, 9.17) is 21.1 Å². The maximum atomic E-state index is 12.8. The highest BCUT2D eigenvalue weighted by Gasteiger charge is 2.32. The van der Waals surface area contributed by atoms with Crippen LogP contribution in [-0.4, -0.2) is 47.7 Å². The Kier molecular flexibility index (Phi) is 14.2. The predicted molar refractivity (Wildman–Crippen MR) is 159 cm³/mol. The second-order valence-electron chi connectivity index (χ2n) is 11.4. The summed E-state index contributed by atoms with van der Waals surface area (Å²) in [5.41, 5.74) is -0.586. The van der Waals surface area contributed by atoms with E-state index in [1.165, 1.54) is 19.4 Å². The normalized spacial score (nSPS) is 20.2. The molecule has 40 heavy (non-hydrogen) atoms. The van der Waals surface area contributed by atoms with E-state index in [2.05, 4.69) is 10.6 Å². The standard InChI is InChI=1S/C31H45ClN2O6/c1-21(20-22(2)24-14-15-25(39-8)29(37)40-24)12-9-10-13-26(35)34-27(30(4,5)6)28(36)33-19-11-17-31(7,38)18-16-23(3)32/h9-13,15-16,19-20,22,24,27,38H,14,17-18H2,1-8H3,(H,33,36)(H,34,35)/b12-9-,13-10-,19-11-,21-20+,23-16+/t22-,24-,27+,31+/m0/s1. The number of carbonyl (C=O) groups is 3. The van der Waals surface area contributed by atoms with Crippen molar-refractivity contribution in [1.82, 2.24) is 10.6 Å². The number of halogens is 1. The summed E-state index contributed by atoms with van der Waals surface area (Å²) in [6, 6.07) is -0.783. The number of amides is 2. The fourth-order valence-corrected chi connectivity index (χ4v) is 3.89. The second-order valence-corrected chi connectivity index (χ2v) is 12.0. The molecule has 1 aliphatic heterocycles. The van der Waals surface area contributed by atoms with Gasteiger partial charge in [-0.2, -0.15) is 0 Å². The first-order valence-electron chi connectivity index (χ1n) is 13.3. The highest BCUT2D eigenvalue weighted by atomic mass is 35.5.